The molecule has 1 aromatic rings. The Morgan fingerprint density at radius 3 is 2.32 bits per heavy atom. The number of nitrogens with two attached hydrogens (primary N) is 1. The first kappa shape index (κ1) is 14.4. The van der Waals surface area contributed by atoms with Crippen molar-refractivity contribution in [3.8, 4) is 0 Å². The van der Waals surface area contributed by atoms with E-state index in [1.807, 2.05) is 0 Å². The molecule has 0 heterocycles. The number of sulfone groups is 1. The molecule has 2 N–H and O–H groups in total. The monoisotopic (exact) mass is 289 g/mol. The molecule has 0 aromatic heterocycles. The first-order chi connectivity index (χ1) is 8.80. The third-order valence-corrected chi connectivity index (χ3v) is 5.04. The van der Waals surface area contributed by atoms with Gasteiger partial charge in [0, 0.05) is 18.2 Å². The fraction of sp³-hybridized carbons (Fsp3) is 0.538. The lowest BCUT2D eigenvalue weighted by Gasteiger charge is -2.28. The Balaban J connectivity index is 2.65. The summed E-state index contributed by atoms with van der Waals surface area (Å²) in [5.41, 5.74) is 5.21. The van der Waals surface area contributed by atoms with Crippen molar-refractivity contribution in [2.75, 3.05) is 12.8 Å². The second-order valence-electron chi connectivity index (χ2n) is 5.23. The molecule has 19 heavy (non-hydrogen) atoms. The molecule has 1 aliphatic carbocycles. The third kappa shape index (κ3) is 2.51. The molecule has 0 atom stereocenters. The van der Waals surface area contributed by atoms with Crippen LogP contribution in [0, 0.1) is 11.6 Å². The van der Waals surface area contributed by atoms with Crippen LogP contribution in [0.15, 0.2) is 17.0 Å². The van der Waals surface area contributed by atoms with Gasteiger partial charge in [-0.2, -0.15) is 0 Å². The highest BCUT2D eigenvalue weighted by atomic mass is 32.2. The zero-order valence-corrected chi connectivity index (χ0v) is 11.6. The summed E-state index contributed by atoms with van der Waals surface area (Å²) < 4.78 is 50.7. The standard InChI is InChI=1S/C13H17F2NO2S/c1-19(17,18)9-6-10(12(15)11(14)7-9)13(8-16)4-2-3-5-13/h6-7H,2-5,8,16H2,1H3. The van der Waals surface area contributed by atoms with Gasteiger partial charge in [-0.3, -0.25) is 0 Å². The highest BCUT2D eigenvalue weighted by Crippen LogP contribution is 2.42. The van der Waals surface area contributed by atoms with Gasteiger partial charge in [-0.05, 0) is 30.5 Å². The molecule has 0 unspecified atom stereocenters. The van der Waals surface area contributed by atoms with Crippen molar-refractivity contribution in [1.82, 2.24) is 0 Å². The van der Waals surface area contributed by atoms with Crippen LogP contribution in [0.25, 0.3) is 0 Å². The summed E-state index contributed by atoms with van der Waals surface area (Å²) in [6.07, 6.45) is 4.08. The van der Waals surface area contributed by atoms with Crippen LogP contribution >= 0.6 is 0 Å². The van der Waals surface area contributed by atoms with E-state index < -0.39 is 26.9 Å². The highest BCUT2D eigenvalue weighted by Gasteiger charge is 2.38. The van der Waals surface area contributed by atoms with Crippen LogP contribution in [0.5, 0.6) is 0 Å². The van der Waals surface area contributed by atoms with Crippen LogP contribution in [-0.4, -0.2) is 21.2 Å². The molecule has 0 saturated heterocycles. The van der Waals surface area contributed by atoms with Crippen LogP contribution in [0.4, 0.5) is 8.78 Å². The predicted octanol–water partition coefficient (Wildman–Crippen LogP) is 2.14. The first-order valence-electron chi connectivity index (χ1n) is 6.20. The Labute approximate surface area is 111 Å². The molecule has 1 aliphatic rings. The number of hydrogen-bond acceptors (Lipinski definition) is 3. The van der Waals surface area contributed by atoms with Gasteiger partial charge in [-0.25, -0.2) is 17.2 Å². The van der Waals surface area contributed by atoms with E-state index in [0.29, 0.717) is 12.8 Å². The van der Waals surface area contributed by atoms with Crippen molar-refractivity contribution in [2.45, 2.75) is 36.0 Å². The van der Waals surface area contributed by atoms with Gasteiger partial charge in [0.1, 0.15) is 0 Å². The Morgan fingerprint density at radius 1 is 1.26 bits per heavy atom. The lowest BCUT2D eigenvalue weighted by Crippen LogP contribution is -2.33. The van der Waals surface area contributed by atoms with E-state index in [0.717, 1.165) is 25.2 Å². The summed E-state index contributed by atoms with van der Waals surface area (Å²) in [5, 5.41) is 0. The second-order valence-corrected chi connectivity index (χ2v) is 7.25. The van der Waals surface area contributed by atoms with E-state index in [2.05, 4.69) is 0 Å². The summed E-state index contributed by atoms with van der Waals surface area (Å²) in [7, 11) is -3.58. The number of benzene rings is 1. The van der Waals surface area contributed by atoms with Crippen molar-refractivity contribution in [3.63, 3.8) is 0 Å². The van der Waals surface area contributed by atoms with Crippen LogP contribution in [-0.2, 0) is 15.3 Å². The van der Waals surface area contributed by atoms with Crippen molar-refractivity contribution in [1.29, 1.82) is 0 Å². The van der Waals surface area contributed by atoms with Gasteiger partial charge in [0.15, 0.2) is 21.5 Å². The molecule has 106 valence electrons. The van der Waals surface area contributed by atoms with Crippen LogP contribution in [0.3, 0.4) is 0 Å². The van der Waals surface area contributed by atoms with E-state index in [1.54, 1.807) is 0 Å². The summed E-state index contributed by atoms with van der Waals surface area (Å²) in [6.45, 7) is 0.191. The highest BCUT2D eigenvalue weighted by molar-refractivity contribution is 7.90. The molecule has 1 fully saturated rings. The average Bonchev–Trinajstić information content (AvgIpc) is 2.80. The van der Waals surface area contributed by atoms with E-state index >= 15 is 0 Å². The quantitative estimate of drug-likeness (QED) is 0.867. The van der Waals surface area contributed by atoms with Gasteiger partial charge in [0.05, 0.1) is 4.90 Å². The first-order valence-corrected chi connectivity index (χ1v) is 8.09. The fourth-order valence-corrected chi connectivity index (χ4v) is 3.45. The SMILES string of the molecule is CS(=O)(=O)c1cc(F)c(F)c(C2(CN)CCCC2)c1. The van der Waals surface area contributed by atoms with Gasteiger partial charge >= 0.3 is 0 Å². The van der Waals surface area contributed by atoms with Crippen molar-refractivity contribution in [2.24, 2.45) is 5.73 Å². The Hall–Kier alpha value is -1.01. The average molecular weight is 289 g/mol. The van der Waals surface area contributed by atoms with Crippen molar-refractivity contribution < 1.29 is 17.2 Å². The molecular weight excluding hydrogens is 272 g/mol. The molecule has 0 aliphatic heterocycles. The molecule has 0 amide bonds. The van der Waals surface area contributed by atoms with E-state index in [4.69, 9.17) is 5.73 Å². The summed E-state index contributed by atoms with van der Waals surface area (Å²) >= 11 is 0. The van der Waals surface area contributed by atoms with Gasteiger partial charge in [0.25, 0.3) is 0 Å². The van der Waals surface area contributed by atoms with Crippen molar-refractivity contribution >= 4 is 9.84 Å². The summed E-state index contributed by atoms with van der Waals surface area (Å²) in [4.78, 5) is -0.193. The minimum absolute atomic E-state index is 0.105. The van der Waals surface area contributed by atoms with Gasteiger partial charge < -0.3 is 5.73 Å². The summed E-state index contributed by atoms with van der Waals surface area (Å²) in [6, 6.07) is 1.97. The zero-order chi connectivity index (χ0) is 14.3. The molecule has 0 spiro atoms. The summed E-state index contributed by atoms with van der Waals surface area (Å²) in [5.74, 6) is -2.10. The Kier molecular flexibility index (Phi) is 3.66. The Bertz CT molecular complexity index is 593. The van der Waals surface area contributed by atoms with Gasteiger partial charge in [-0.1, -0.05) is 12.8 Å². The predicted molar refractivity (Wildman–Crippen MR) is 68.7 cm³/mol. The van der Waals surface area contributed by atoms with Crippen LogP contribution in [0.1, 0.15) is 31.2 Å². The number of rotatable bonds is 3. The fourth-order valence-electron chi connectivity index (χ4n) is 2.80. The largest absolute Gasteiger partial charge is 0.330 e. The lowest BCUT2D eigenvalue weighted by atomic mass is 9.78. The molecule has 3 nitrogen and oxygen atoms in total. The molecular formula is C13H17F2NO2S. The van der Waals surface area contributed by atoms with E-state index in [9.17, 15) is 17.2 Å². The normalized spacial score (nSPS) is 18.7. The smallest absolute Gasteiger partial charge is 0.175 e. The topological polar surface area (TPSA) is 60.2 Å². The third-order valence-electron chi connectivity index (χ3n) is 3.95. The van der Waals surface area contributed by atoms with E-state index in [1.165, 1.54) is 6.07 Å². The molecule has 0 bridgehead atoms. The minimum atomic E-state index is -3.58. The second kappa shape index (κ2) is 4.83. The molecule has 0 radical (unpaired) electrons. The number of hydrogen-bond donors (Lipinski definition) is 1. The lowest BCUT2D eigenvalue weighted by molar-refractivity contribution is 0.405. The molecule has 6 heteroatoms. The number of halogens is 2. The molecule has 1 saturated carbocycles. The molecule has 1 aromatic carbocycles. The van der Waals surface area contributed by atoms with Crippen molar-refractivity contribution in [3.05, 3.63) is 29.3 Å². The maximum Gasteiger partial charge on any atom is 0.175 e. The molecule has 2 rings (SSSR count). The van der Waals surface area contributed by atoms with Crippen LogP contribution in [0.2, 0.25) is 0 Å². The Morgan fingerprint density at radius 2 is 1.84 bits per heavy atom. The maximum atomic E-state index is 14.0. The van der Waals surface area contributed by atoms with E-state index in [-0.39, 0.29) is 17.0 Å². The zero-order valence-electron chi connectivity index (χ0n) is 10.7. The van der Waals surface area contributed by atoms with Crippen LogP contribution < -0.4 is 5.73 Å². The van der Waals surface area contributed by atoms with Gasteiger partial charge in [0.2, 0.25) is 0 Å². The maximum absolute atomic E-state index is 14.0. The van der Waals surface area contributed by atoms with Gasteiger partial charge in [-0.15, -0.1) is 0 Å². The minimum Gasteiger partial charge on any atom is -0.330 e.